The van der Waals surface area contributed by atoms with E-state index in [1.807, 2.05) is 0 Å². The molecule has 0 saturated carbocycles. The molecule has 2 unspecified atom stereocenters. The predicted molar refractivity (Wildman–Crippen MR) is 71.8 cm³/mol. The summed E-state index contributed by atoms with van der Waals surface area (Å²) >= 11 is 0. The summed E-state index contributed by atoms with van der Waals surface area (Å²) in [6.45, 7) is 16.4. The van der Waals surface area contributed by atoms with Crippen molar-refractivity contribution < 1.29 is 0 Å². The Bertz CT molecular complexity index is 209. The minimum atomic E-state index is 0.384. The summed E-state index contributed by atoms with van der Waals surface area (Å²) in [5.74, 6) is 0.730. The minimum absolute atomic E-state index is 0.384. The molecule has 0 spiro atoms. The lowest BCUT2D eigenvalue weighted by Gasteiger charge is -2.50. The minimum Gasteiger partial charge on any atom is -0.311 e. The molecule has 16 heavy (non-hydrogen) atoms. The summed E-state index contributed by atoms with van der Waals surface area (Å²) in [5.41, 5.74) is 0.384. The van der Waals surface area contributed by atoms with Gasteiger partial charge in [0.25, 0.3) is 0 Å². The molecular formula is C14H30N2. The van der Waals surface area contributed by atoms with Crippen LogP contribution in [0.4, 0.5) is 0 Å². The van der Waals surface area contributed by atoms with Gasteiger partial charge in [-0.25, -0.2) is 0 Å². The molecule has 2 heteroatoms. The first-order chi connectivity index (χ1) is 7.44. The van der Waals surface area contributed by atoms with Crippen LogP contribution in [0.25, 0.3) is 0 Å². The number of rotatable bonds is 4. The van der Waals surface area contributed by atoms with E-state index in [1.54, 1.807) is 0 Å². The van der Waals surface area contributed by atoms with Crippen LogP contribution in [-0.4, -0.2) is 35.6 Å². The van der Waals surface area contributed by atoms with E-state index in [0.717, 1.165) is 12.5 Å². The van der Waals surface area contributed by atoms with Crippen LogP contribution in [0.1, 0.15) is 54.4 Å². The van der Waals surface area contributed by atoms with E-state index in [2.05, 4.69) is 51.8 Å². The van der Waals surface area contributed by atoms with Gasteiger partial charge in [0.05, 0.1) is 0 Å². The molecule has 0 aromatic rings. The quantitative estimate of drug-likeness (QED) is 0.793. The topological polar surface area (TPSA) is 15.3 Å². The van der Waals surface area contributed by atoms with Gasteiger partial charge in [-0.2, -0.15) is 0 Å². The zero-order valence-corrected chi connectivity index (χ0v) is 12.0. The second-order valence-corrected chi connectivity index (χ2v) is 5.96. The fraction of sp³-hybridized carbons (Fsp3) is 1.00. The Morgan fingerprint density at radius 3 is 2.31 bits per heavy atom. The van der Waals surface area contributed by atoms with Crippen LogP contribution < -0.4 is 5.32 Å². The van der Waals surface area contributed by atoms with Gasteiger partial charge in [0.15, 0.2) is 0 Å². The van der Waals surface area contributed by atoms with Crippen molar-refractivity contribution in [2.45, 2.75) is 72.0 Å². The Labute approximate surface area is 102 Å². The first kappa shape index (κ1) is 14.0. The highest BCUT2D eigenvalue weighted by molar-refractivity contribution is 4.94. The van der Waals surface area contributed by atoms with Crippen molar-refractivity contribution in [3.63, 3.8) is 0 Å². The van der Waals surface area contributed by atoms with Crippen molar-refractivity contribution in [3.8, 4) is 0 Å². The Morgan fingerprint density at radius 2 is 1.88 bits per heavy atom. The molecule has 0 radical (unpaired) electrons. The van der Waals surface area contributed by atoms with Crippen LogP contribution in [0.15, 0.2) is 0 Å². The largest absolute Gasteiger partial charge is 0.311 e. The van der Waals surface area contributed by atoms with Crippen molar-refractivity contribution in [2.75, 3.05) is 13.1 Å². The lowest BCUT2D eigenvalue weighted by Crippen LogP contribution is -2.63. The molecule has 2 atom stereocenters. The summed E-state index contributed by atoms with van der Waals surface area (Å²) in [6, 6.07) is 1.33. The average molecular weight is 226 g/mol. The molecule has 1 aliphatic rings. The van der Waals surface area contributed by atoms with E-state index in [0.29, 0.717) is 17.6 Å². The van der Waals surface area contributed by atoms with Gasteiger partial charge in [0.2, 0.25) is 0 Å². The van der Waals surface area contributed by atoms with Crippen LogP contribution in [-0.2, 0) is 0 Å². The molecule has 1 heterocycles. The molecule has 2 nitrogen and oxygen atoms in total. The molecule has 0 amide bonds. The third-order valence-corrected chi connectivity index (χ3v) is 4.62. The maximum atomic E-state index is 3.68. The highest BCUT2D eigenvalue weighted by Crippen LogP contribution is 2.28. The van der Waals surface area contributed by atoms with E-state index < -0.39 is 0 Å². The number of nitrogens with one attached hydrogen (secondary N) is 1. The van der Waals surface area contributed by atoms with Crippen LogP contribution in [0, 0.1) is 5.92 Å². The Kier molecular flexibility index (Phi) is 4.81. The zero-order chi connectivity index (χ0) is 12.3. The summed E-state index contributed by atoms with van der Waals surface area (Å²) in [4.78, 5) is 2.73. The van der Waals surface area contributed by atoms with Crippen LogP contribution in [0.2, 0.25) is 0 Å². The second-order valence-electron chi connectivity index (χ2n) is 5.96. The molecule has 0 aliphatic carbocycles. The van der Waals surface area contributed by atoms with Gasteiger partial charge < -0.3 is 5.32 Å². The van der Waals surface area contributed by atoms with Crippen molar-refractivity contribution in [1.29, 1.82) is 0 Å². The van der Waals surface area contributed by atoms with Gasteiger partial charge >= 0.3 is 0 Å². The highest BCUT2D eigenvalue weighted by Gasteiger charge is 2.36. The highest BCUT2D eigenvalue weighted by atomic mass is 15.3. The van der Waals surface area contributed by atoms with E-state index >= 15 is 0 Å². The first-order valence-corrected chi connectivity index (χ1v) is 6.94. The van der Waals surface area contributed by atoms with Crippen molar-refractivity contribution in [3.05, 3.63) is 0 Å². The molecular weight excluding hydrogens is 196 g/mol. The number of piperazine rings is 1. The smallest absolute Gasteiger partial charge is 0.0218 e. The Hall–Kier alpha value is -0.0800. The lowest BCUT2D eigenvalue weighted by molar-refractivity contribution is 0.0139. The van der Waals surface area contributed by atoms with Crippen LogP contribution in [0.3, 0.4) is 0 Å². The number of hydrogen-bond acceptors (Lipinski definition) is 2. The summed E-state index contributed by atoms with van der Waals surface area (Å²) in [5, 5.41) is 3.68. The molecule has 0 bridgehead atoms. The van der Waals surface area contributed by atoms with Crippen molar-refractivity contribution in [1.82, 2.24) is 10.2 Å². The SMILES string of the molecule is CCC(C)(CC)N1CC(C(C)C)NCC1C. The molecule has 0 aromatic carbocycles. The van der Waals surface area contributed by atoms with Crippen molar-refractivity contribution in [2.24, 2.45) is 5.92 Å². The maximum absolute atomic E-state index is 3.68. The number of nitrogens with zero attached hydrogens (tertiary/aromatic N) is 1. The van der Waals surface area contributed by atoms with Crippen LogP contribution >= 0.6 is 0 Å². The molecule has 1 rings (SSSR count). The fourth-order valence-corrected chi connectivity index (χ4v) is 2.74. The van der Waals surface area contributed by atoms with Gasteiger partial charge in [-0.05, 0) is 32.6 Å². The molecule has 1 saturated heterocycles. The molecule has 1 fully saturated rings. The van der Waals surface area contributed by atoms with Gasteiger partial charge in [-0.3, -0.25) is 4.90 Å². The summed E-state index contributed by atoms with van der Waals surface area (Å²) < 4.78 is 0. The molecule has 1 N–H and O–H groups in total. The van der Waals surface area contributed by atoms with Crippen LogP contribution in [0.5, 0.6) is 0 Å². The van der Waals surface area contributed by atoms with Gasteiger partial charge in [-0.1, -0.05) is 27.7 Å². The van der Waals surface area contributed by atoms with Gasteiger partial charge in [0, 0.05) is 30.7 Å². The Balaban J connectivity index is 2.76. The predicted octanol–water partition coefficient (Wildman–Crippen LogP) is 2.88. The number of hydrogen-bond donors (Lipinski definition) is 1. The third kappa shape index (κ3) is 2.78. The maximum Gasteiger partial charge on any atom is 0.0218 e. The third-order valence-electron chi connectivity index (χ3n) is 4.62. The monoisotopic (exact) mass is 226 g/mol. The lowest BCUT2D eigenvalue weighted by atomic mass is 9.88. The van der Waals surface area contributed by atoms with Gasteiger partial charge in [-0.15, -0.1) is 0 Å². The van der Waals surface area contributed by atoms with E-state index in [4.69, 9.17) is 0 Å². The van der Waals surface area contributed by atoms with Gasteiger partial charge in [0.1, 0.15) is 0 Å². The first-order valence-electron chi connectivity index (χ1n) is 6.94. The Morgan fingerprint density at radius 1 is 1.31 bits per heavy atom. The zero-order valence-electron chi connectivity index (χ0n) is 12.0. The van der Waals surface area contributed by atoms with E-state index in [1.165, 1.54) is 19.4 Å². The normalized spacial score (nSPS) is 28.7. The fourth-order valence-electron chi connectivity index (χ4n) is 2.74. The second kappa shape index (κ2) is 5.50. The molecule has 0 aromatic heterocycles. The van der Waals surface area contributed by atoms with E-state index in [9.17, 15) is 0 Å². The molecule has 96 valence electrons. The summed E-state index contributed by atoms with van der Waals surface area (Å²) in [6.07, 6.45) is 2.50. The van der Waals surface area contributed by atoms with E-state index in [-0.39, 0.29) is 0 Å². The standard InChI is InChI=1S/C14H30N2/c1-7-14(6,8-2)16-10-13(11(3)4)15-9-12(16)5/h11-13,15H,7-10H2,1-6H3. The summed E-state index contributed by atoms with van der Waals surface area (Å²) in [7, 11) is 0. The van der Waals surface area contributed by atoms with Crippen molar-refractivity contribution >= 4 is 0 Å². The molecule has 1 aliphatic heterocycles. The average Bonchev–Trinajstić information content (AvgIpc) is 2.28.